The number of methoxy groups -OCH3 is 2. The van der Waals surface area contributed by atoms with Gasteiger partial charge in [0.25, 0.3) is 0 Å². The first-order valence-electron chi connectivity index (χ1n) is 4.86. The summed E-state index contributed by atoms with van der Waals surface area (Å²) >= 11 is 0. The molecule has 1 aromatic carbocycles. The van der Waals surface area contributed by atoms with Crippen molar-refractivity contribution in [3.63, 3.8) is 0 Å². The number of hydrogen-bond donors (Lipinski definition) is 0. The molecule has 3 nitrogen and oxygen atoms in total. The number of benzene rings is 1. The molecular weight excluding hydrogens is 211 g/mol. The zero-order valence-electron chi connectivity index (χ0n) is 9.83. The van der Waals surface area contributed by atoms with E-state index < -0.39 is 11.6 Å². The summed E-state index contributed by atoms with van der Waals surface area (Å²) in [6.45, 7) is 2.98. The van der Waals surface area contributed by atoms with Crippen LogP contribution in [0.2, 0.25) is 0 Å². The normalized spacial score (nSPS) is 14.1. The Hall–Kier alpha value is -1.58. The number of rotatable bonds is 3. The Morgan fingerprint density at radius 2 is 2.00 bits per heavy atom. The fourth-order valence-corrected chi connectivity index (χ4v) is 1.49. The lowest BCUT2D eigenvalue weighted by Gasteiger charge is -2.20. The molecule has 0 saturated heterocycles. The molecule has 0 radical (unpaired) electrons. The van der Waals surface area contributed by atoms with Crippen LogP contribution < -0.4 is 4.74 Å². The Morgan fingerprint density at radius 3 is 2.50 bits per heavy atom. The second kappa shape index (κ2) is 4.51. The van der Waals surface area contributed by atoms with Crippen molar-refractivity contribution >= 4 is 5.97 Å². The Kier molecular flexibility index (Phi) is 3.52. The van der Waals surface area contributed by atoms with Gasteiger partial charge in [0.15, 0.2) is 0 Å². The van der Waals surface area contributed by atoms with Gasteiger partial charge in [0, 0.05) is 5.56 Å². The zero-order chi connectivity index (χ0) is 12.3. The van der Waals surface area contributed by atoms with E-state index in [1.54, 1.807) is 18.2 Å². The van der Waals surface area contributed by atoms with Gasteiger partial charge in [-0.3, -0.25) is 0 Å². The van der Waals surface area contributed by atoms with E-state index in [4.69, 9.17) is 4.74 Å². The molecule has 0 N–H and O–H groups in total. The summed E-state index contributed by atoms with van der Waals surface area (Å²) in [5, 5.41) is 0. The predicted octanol–water partition coefficient (Wildman–Crippen LogP) is 2.36. The van der Waals surface area contributed by atoms with Crippen LogP contribution in [0.15, 0.2) is 18.2 Å². The minimum Gasteiger partial charge on any atom is -0.496 e. The lowest BCUT2D eigenvalue weighted by molar-refractivity contribution is -0.154. The van der Waals surface area contributed by atoms with E-state index >= 15 is 0 Å². The van der Waals surface area contributed by atoms with E-state index in [1.807, 2.05) is 6.92 Å². The van der Waals surface area contributed by atoms with Gasteiger partial charge in [-0.1, -0.05) is 11.6 Å². The van der Waals surface area contributed by atoms with Crippen molar-refractivity contribution < 1.29 is 18.7 Å². The molecule has 0 aliphatic heterocycles. The maximum Gasteiger partial charge on any atom is 0.348 e. The van der Waals surface area contributed by atoms with Gasteiger partial charge in [0.1, 0.15) is 5.75 Å². The maximum absolute atomic E-state index is 14.3. The smallest absolute Gasteiger partial charge is 0.348 e. The third kappa shape index (κ3) is 2.15. The molecule has 0 aliphatic carbocycles. The van der Waals surface area contributed by atoms with Gasteiger partial charge in [-0.15, -0.1) is 0 Å². The fraction of sp³-hybridized carbons (Fsp3) is 0.417. The molecule has 0 aliphatic rings. The zero-order valence-corrected chi connectivity index (χ0v) is 9.83. The highest BCUT2D eigenvalue weighted by Gasteiger charge is 2.39. The highest BCUT2D eigenvalue weighted by atomic mass is 19.1. The molecule has 4 heteroatoms. The molecule has 1 unspecified atom stereocenters. The number of hydrogen-bond acceptors (Lipinski definition) is 3. The van der Waals surface area contributed by atoms with Crippen molar-refractivity contribution in [2.45, 2.75) is 19.5 Å². The third-order valence-corrected chi connectivity index (χ3v) is 2.43. The van der Waals surface area contributed by atoms with Crippen molar-refractivity contribution in [2.75, 3.05) is 14.2 Å². The number of alkyl halides is 1. The van der Waals surface area contributed by atoms with Crippen molar-refractivity contribution in [2.24, 2.45) is 0 Å². The largest absolute Gasteiger partial charge is 0.496 e. The second-order valence-electron chi connectivity index (χ2n) is 3.70. The molecule has 1 atom stereocenters. The van der Waals surface area contributed by atoms with Gasteiger partial charge >= 0.3 is 5.97 Å². The van der Waals surface area contributed by atoms with Crippen molar-refractivity contribution in [1.82, 2.24) is 0 Å². The van der Waals surface area contributed by atoms with Gasteiger partial charge < -0.3 is 9.47 Å². The van der Waals surface area contributed by atoms with E-state index in [9.17, 15) is 9.18 Å². The summed E-state index contributed by atoms with van der Waals surface area (Å²) in [6.07, 6.45) is 0. The Balaban J connectivity index is 3.30. The highest BCUT2D eigenvalue weighted by Crippen LogP contribution is 2.34. The first kappa shape index (κ1) is 12.5. The Labute approximate surface area is 94.2 Å². The predicted molar refractivity (Wildman–Crippen MR) is 58.2 cm³/mol. The number of ether oxygens (including phenoxy) is 2. The minimum atomic E-state index is -2.20. The molecule has 0 fully saturated rings. The first-order valence-corrected chi connectivity index (χ1v) is 4.86. The standard InChI is InChI=1S/C12H15FO3/c1-8-5-6-10(15-3)9(7-8)12(2,13)11(14)16-4/h5-7H,1-4H3. The van der Waals surface area contributed by atoms with E-state index in [2.05, 4.69) is 4.74 Å². The van der Waals surface area contributed by atoms with Crippen LogP contribution in [0.1, 0.15) is 18.1 Å². The lowest BCUT2D eigenvalue weighted by atomic mass is 9.95. The van der Waals surface area contributed by atoms with E-state index in [1.165, 1.54) is 7.11 Å². The van der Waals surface area contributed by atoms with Crippen LogP contribution in [0.4, 0.5) is 4.39 Å². The summed E-state index contributed by atoms with van der Waals surface area (Å²) in [5.74, 6) is -0.600. The van der Waals surface area contributed by atoms with Gasteiger partial charge in [-0.2, -0.15) is 0 Å². The molecule has 0 heterocycles. The minimum absolute atomic E-state index is 0.182. The molecule has 0 bridgehead atoms. The van der Waals surface area contributed by atoms with Gasteiger partial charge in [-0.25, -0.2) is 9.18 Å². The summed E-state index contributed by atoms with van der Waals surface area (Å²) in [6, 6.07) is 5.00. The SMILES string of the molecule is COC(=O)C(C)(F)c1cc(C)ccc1OC. The van der Waals surface area contributed by atoms with Gasteiger partial charge in [0.2, 0.25) is 5.67 Å². The quantitative estimate of drug-likeness (QED) is 0.742. The number of halogens is 1. The maximum atomic E-state index is 14.3. The average molecular weight is 226 g/mol. The van der Waals surface area contributed by atoms with Crippen LogP contribution in [0.3, 0.4) is 0 Å². The molecular formula is C12H15FO3. The third-order valence-electron chi connectivity index (χ3n) is 2.43. The molecule has 1 rings (SSSR count). The lowest BCUT2D eigenvalue weighted by Crippen LogP contribution is -2.29. The van der Waals surface area contributed by atoms with Crippen LogP contribution in [0.25, 0.3) is 0 Å². The number of esters is 1. The second-order valence-corrected chi connectivity index (χ2v) is 3.70. The average Bonchev–Trinajstić information content (AvgIpc) is 2.27. The van der Waals surface area contributed by atoms with E-state index in [0.717, 1.165) is 19.6 Å². The molecule has 0 aromatic heterocycles. The van der Waals surface area contributed by atoms with Crippen LogP contribution in [-0.4, -0.2) is 20.2 Å². The van der Waals surface area contributed by atoms with Gasteiger partial charge in [-0.05, 0) is 26.0 Å². The van der Waals surface area contributed by atoms with Crippen molar-refractivity contribution in [3.8, 4) is 5.75 Å². The van der Waals surface area contributed by atoms with Crippen molar-refractivity contribution in [3.05, 3.63) is 29.3 Å². The summed E-state index contributed by atoms with van der Waals surface area (Å²) in [4.78, 5) is 11.4. The van der Waals surface area contributed by atoms with Crippen LogP contribution in [0.5, 0.6) is 5.75 Å². The molecule has 0 spiro atoms. The number of carbonyl (C=O) groups excluding carboxylic acids is 1. The molecule has 1 aromatic rings. The first-order chi connectivity index (χ1) is 7.43. The van der Waals surface area contributed by atoms with Gasteiger partial charge in [0.05, 0.1) is 14.2 Å². The monoisotopic (exact) mass is 226 g/mol. The fourth-order valence-electron chi connectivity index (χ4n) is 1.49. The van der Waals surface area contributed by atoms with E-state index in [-0.39, 0.29) is 5.56 Å². The summed E-state index contributed by atoms with van der Waals surface area (Å²) in [7, 11) is 2.59. The Bertz CT molecular complexity index is 399. The van der Waals surface area contributed by atoms with Crippen LogP contribution in [-0.2, 0) is 15.2 Å². The van der Waals surface area contributed by atoms with Crippen LogP contribution in [0, 0.1) is 6.92 Å². The molecule has 88 valence electrons. The topological polar surface area (TPSA) is 35.5 Å². The van der Waals surface area contributed by atoms with E-state index in [0.29, 0.717) is 5.75 Å². The van der Waals surface area contributed by atoms with Crippen molar-refractivity contribution in [1.29, 1.82) is 0 Å². The summed E-state index contributed by atoms with van der Waals surface area (Å²) in [5.41, 5.74) is -1.17. The molecule has 0 amide bonds. The Morgan fingerprint density at radius 1 is 1.38 bits per heavy atom. The molecule has 16 heavy (non-hydrogen) atoms. The number of carbonyl (C=O) groups is 1. The summed E-state index contributed by atoms with van der Waals surface area (Å²) < 4.78 is 23.8. The molecule has 0 saturated carbocycles. The van der Waals surface area contributed by atoms with Crippen LogP contribution >= 0.6 is 0 Å². The highest BCUT2D eigenvalue weighted by molar-refractivity contribution is 5.81. The number of aryl methyl sites for hydroxylation is 1.